The zero-order valence-corrected chi connectivity index (χ0v) is 12.0. The SMILES string of the molecule is CN1C2CCC1CC(CNCc1cccc(F)c1O)C2. The summed E-state index contributed by atoms with van der Waals surface area (Å²) in [4.78, 5) is 2.54. The lowest BCUT2D eigenvalue weighted by atomic mass is 9.91. The number of para-hydroxylation sites is 1. The van der Waals surface area contributed by atoms with E-state index < -0.39 is 5.82 Å². The van der Waals surface area contributed by atoms with Gasteiger partial charge in [-0.05, 0) is 51.3 Å². The van der Waals surface area contributed by atoms with Gasteiger partial charge in [-0.25, -0.2) is 4.39 Å². The highest BCUT2D eigenvalue weighted by atomic mass is 19.1. The van der Waals surface area contributed by atoms with Gasteiger partial charge < -0.3 is 15.3 Å². The molecule has 110 valence electrons. The van der Waals surface area contributed by atoms with E-state index in [0.29, 0.717) is 18.0 Å². The first kappa shape index (κ1) is 13.8. The van der Waals surface area contributed by atoms with Crippen molar-refractivity contribution in [1.29, 1.82) is 0 Å². The van der Waals surface area contributed by atoms with Crippen LogP contribution < -0.4 is 5.32 Å². The molecule has 20 heavy (non-hydrogen) atoms. The molecule has 1 aromatic carbocycles. The first-order chi connectivity index (χ1) is 9.65. The molecule has 2 unspecified atom stereocenters. The fourth-order valence-corrected chi connectivity index (χ4v) is 3.80. The molecule has 0 radical (unpaired) electrons. The molecule has 4 heteroatoms. The minimum atomic E-state index is -0.540. The van der Waals surface area contributed by atoms with Crippen LogP contribution in [0.2, 0.25) is 0 Å². The highest BCUT2D eigenvalue weighted by Gasteiger charge is 2.37. The largest absolute Gasteiger partial charge is 0.505 e. The molecule has 3 rings (SSSR count). The Balaban J connectivity index is 1.50. The lowest BCUT2D eigenvalue weighted by molar-refractivity contribution is 0.133. The van der Waals surface area contributed by atoms with Gasteiger partial charge >= 0.3 is 0 Å². The molecule has 2 bridgehead atoms. The van der Waals surface area contributed by atoms with Crippen LogP contribution in [-0.2, 0) is 6.54 Å². The number of halogens is 1. The van der Waals surface area contributed by atoms with E-state index in [1.54, 1.807) is 12.1 Å². The number of nitrogens with zero attached hydrogens (tertiary/aromatic N) is 1. The van der Waals surface area contributed by atoms with Crippen molar-refractivity contribution in [3.63, 3.8) is 0 Å². The van der Waals surface area contributed by atoms with Gasteiger partial charge in [-0.2, -0.15) is 0 Å². The predicted molar refractivity (Wildman–Crippen MR) is 77.1 cm³/mol. The van der Waals surface area contributed by atoms with Crippen LogP contribution in [0.4, 0.5) is 4.39 Å². The minimum Gasteiger partial charge on any atom is -0.505 e. The van der Waals surface area contributed by atoms with Gasteiger partial charge in [0.25, 0.3) is 0 Å². The number of benzene rings is 1. The molecule has 0 spiro atoms. The normalized spacial score (nSPS) is 29.8. The summed E-state index contributed by atoms with van der Waals surface area (Å²) < 4.78 is 13.2. The lowest BCUT2D eigenvalue weighted by Crippen LogP contribution is -2.42. The number of hydrogen-bond acceptors (Lipinski definition) is 3. The predicted octanol–water partition coefficient (Wildman–Crippen LogP) is 2.49. The second-order valence-corrected chi connectivity index (χ2v) is 6.27. The summed E-state index contributed by atoms with van der Waals surface area (Å²) >= 11 is 0. The molecule has 2 fully saturated rings. The third kappa shape index (κ3) is 2.67. The van der Waals surface area contributed by atoms with Crippen LogP contribution in [0.1, 0.15) is 31.2 Å². The smallest absolute Gasteiger partial charge is 0.165 e. The quantitative estimate of drug-likeness (QED) is 0.888. The molecule has 2 aliphatic heterocycles. The lowest BCUT2D eigenvalue weighted by Gasteiger charge is -2.36. The maximum Gasteiger partial charge on any atom is 0.165 e. The Bertz CT molecular complexity index is 466. The molecule has 2 saturated heterocycles. The molecular formula is C16H23FN2O. The van der Waals surface area contributed by atoms with Gasteiger partial charge in [0.1, 0.15) is 0 Å². The fourth-order valence-electron chi connectivity index (χ4n) is 3.80. The van der Waals surface area contributed by atoms with Crippen molar-refractivity contribution >= 4 is 0 Å². The molecule has 2 heterocycles. The zero-order valence-electron chi connectivity index (χ0n) is 12.0. The van der Waals surface area contributed by atoms with Gasteiger partial charge in [0, 0.05) is 24.2 Å². The van der Waals surface area contributed by atoms with Crippen LogP contribution in [-0.4, -0.2) is 35.7 Å². The van der Waals surface area contributed by atoms with Gasteiger partial charge in [-0.1, -0.05) is 12.1 Å². The molecule has 3 nitrogen and oxygen atoms in total. The molecule has 2 aliphatic rings. The Morgan fingerprint density at radius 1 is 1.30 bits per heavy atom. The average Bonchev–Trinajstić information content (AvgIpc) is 2.65. The van der Waals surface area contributed by atoms with E-state index in [1.807, 2.05) is 0 Å². The molecule has 0 saturated carbocycles. The third-order valence-electron chi connectivity index (χ3n) is 5.01. The van der Waals surface area contributed by atoms with Crippen molar-refractivity contribution in [3.05, 3.63) is 29.6 Å². The van der Waals surface area contributed by atoms with Gasteiger partial charge in [-0.3, -0.25) is 0 Å². The monoisotopic (exact) mass is 278 g/mol. The molecule has 0 amide bonds. The zero-order chi connectivity index (χ0) is 14.1. The molecule has 0 aromatic heterocycles. The Hall–Kier alpha value is -1.13. The van der Waals surface area contributed by atoms with Crippen molar-refractivity contribution < 1.29 is 9.50 Å². The van der Waals surface area contributed by atoms with Gasteiger partial charge in [0.15, 0.2) is 11.6 Å². The van der Waals surface area contributed by atoms with Crippen LogP contribution in [0.3, 0.4) is 0 Å². The number of hydrogen-bond donors (Lipinski definition) is 2. The molecule has 1 aromatic rings. The number of phenols is 1. The van der Waals surface area contributed by atoms with Gasteiger partial charge in [0.2, 0.25) is 0 Å². The summed E-state index contributed by atoms with van der Waals surface area (Å²) in [6, 6.07) is 6.20. The Morgan fingerprint density at radius 3 is 2.70 bits per heavy atom. The Morgan fingerprint density at radius 2 is 2.00 bits per heavy atom. The second kappa shape index (κ2) is 5.70. The maximum absolute atomic E-state index is 13.2. The number of phenolic OH excluding ortho intramolecular Hbond substituents is 1. The summed E-state index contributed by atoms with van der Waals surface area (Å²) in [6.45, 7) is 1.49. The van der Waals surface area contributed by atoms with Gasteiger partial charge in [0.05, 0.1) is 0 Å². The fraction of sp³-hybridized carbons (Fsp3) is 0.625. The Labute approximate surface area is 119 Å². The number of rotatable bonds is 4. The van der Waals surface area contributed by atoms with Crippen molar-refractivity contribution in [2.24, 2.45) is 5.92 Å². The minimum absolute atomic E-state index is 0.219. The number of nitrogens with one attached hydrogen (secondary N) is 1. The summed E-state index contributed by atoms with van der Waals surface area (Å²) in [6.07, 6.45) is 5.19. The standard InChI is InChI=1S/C16H23FN2O/c1-19-13-5-6-14(19)8-11(7-13)9-18-10-12-3-2-4-15(17)16(12)20/h2-4,11,13-14,18,20H,5-10H2,1H3. The van der Waals surface area contributed by atoms with Crippen LogP contribution in [0, 0.1) is 11.7 Å². The second-order valence-electron chi connectivity index (χ2n) is 6.27. The molecule has 2 atom stereocenters. The topological polar surface area (TPSA) is 35.5 Å². The van der Waals surface area contributed by atoms with E-state index in [9.17, 15) is 9.50 Å². The Kier molecular flexibility index (Phi) is 3.94. The summed E-state index contributed by atoms with van der Waals surface area (Å²) in [5.74, 6) is -0.0514. The molecule has 0 aliphatic carbocycles. The summed E-state index contributed by atoms with van der Waals surface area (Å²) in [5.41, 5.74) is 0.640. The van der Waals surface area contributed by atoms with Crippen molar-refractivity contribution in [3.8, 4) is 5.75 Å². The first-order valence-electron chi connectivity index (χ1n) is 7.54. The van der Waals surface area contributed by atoms with E-state index in [2.05, 4.69) is 17.3 Å². The first-order valence-corrected chi connectivity index (χ1v) is 7.54. The summed E-state index contributed by atoms with van der Waals surface area (Å²) in [7, 11) is 2.25. The highest BCUT2D eigenvalue weighted by Crippen LogP contribution is 2.37. The van der Waals surface area contributed by atoms with Crippen molar-refractivity contribution in [1.82, 2.24) is 10.2 Å². The average molecular weight is 278 g/mol. The third-order valence-corrected chi connectivity index (χ3v) is 5.01. The van der Waals surface area contributed by atoms with Crippen LogP contribution in [0.15, 0.2) is 18.2 Å². The van der Waals surface area contributed by atoms with E-state index in [-0.39, 0.29) is 5.75 Å². The van der Waals surface area contributed by atoms with Crippen LogP contribution in [0.25, 0.3) is 0 Å². The van der Waals surface area contributed by atoms with E-state index in [0.717, 1.165) is 18.6 Å². The van der Waals surface area contributed by atoms with E-state index in [1.165, 1.54) is 31.7 Å². The number of aromatic hydroxyl groups is 1. The summed E-state index contributed by atoms with van der Waals surface area (Å²) in [5, 5.41) is 13.0. The van der Waals surface area contributed by atoms with Crippen LogP contribution >= 0.6 is 0 Å². The molecular weight excluding hydrogens is 255 g/mol. The number of piperidine rings is 1. The molecule has 2 N–H and O–H groups in total. The highest BCUT2D eigenvalue weighted by molar-refractivity contribution is 5.33. The van der Waals surface area contributed by atoms with E-state index >= 15 is 0 Å². The van der Waals surface area contributed by atoms with Crippen molar-refractivity contribution in [2.45, 2.75) is 44.3 Å². The maximum atomic E-state index is 13.2. The van der Waals surface area contributed by atoms with Crippen molar-refractivity contribution in [2.75, 3.05) is 13.6 Å². The van der Waals surface area contributed by atoms with E-state index in [4.69, 9.17) is 0 Å². The van der Waals surface area contributed by atoms with Gasteiger partial charge in [-0.15, -0.1) is 0 Å². The van der Waals surface area contributed by atoms with Crippen LogP contribution in [0.5, 0.6) is 5.75 Å². The number of fused-ring (bicyclic) bond motifs is 2.